The molecule has 0 radical (unpaired) electrons. The van der Waals surface area contributed by atoms with Crippen LogP contribution in [0.3, 0.4) is 0 Å². The van der Waals surface area contributed by atoms with E-state index in [1.165, 1.54) is 0 Å². The van der Waals surface area contributed by atoms with Crippen LogP contribution in [0.2, 0.25) is 0 Å². The van der Waals surface area contributed by atoms with Crippen LogP contribution in [0.15, 0.2) is 0 Å². The van der Waals surface area contributed by atoms with Gasteiger partial charge in [0, 0.05) is 6.56 Å². The first-order chi connectivity index (χ1) is 2.94. The molecule has 0 aliphatic heterocycles. The van der Waals surface area contributed by atoms with Crippen LogP contribution in [-0.2, 0) is 0 Å². The second kappa shape index (κ2) is 2.21. The van der Waals surface area contributed by atoms with Gasteiger partial charge in [0.15, 0.2) is 0 Å². The van der Waals surface area contributed by atoms with Gasteiger partial charge in [-0.05, 0) is 5.92 Å². The fourth-order valence-electron chi connectivity index (χ4n) is 0. The maximum Gasteiger partial charge on any atom is 0.0566 e. The zero-order valence-electron chi connectivity index (χ0n) is 5.52. The quantitative estimate of drug-likeness (QED) is 0.485. The minimum atomic E-state index is -2.00. The molecule has 0 bridgehead atoms. The molecule has 0 saturated carbocycles. The molecule has 5 heavy (non-hydrogen) atoms. The Bertz CT molecular complexity index is 55.2. The van der Waals surface area contributed by atoms with Gasteiger partial charge in [-0.3, -0.25) is 0 Å². The molecule has 1 heteroatoms. The summed E-state index contributed by atoms with van der Waals surface area (Å²) in [7, 11) is 0. The van der Waals surface area contributed by atoms with Gasteiger partial charge in [0.2, 0.25) is 0 Å². The highest BCUT2D eigenvalue weighted by molar-refractivity contribution is 4.32. The average molecular weight is 76.1 g/mol. The van der Waals surface area contributed by atoms with Crippen LogP contribution in [0.4, 0.5) is 0 Å². The Balaban J connectivity index is 3.54. The summed E-state index contributed by atoms with van der Waals surface area (Å²) in [6.45, 7) is 1.25. The van der Waals surface area contributed by atoms with E-state index in [1.54, 1.807) is 13.8 Å². The maximum atomic E-state index is 8.43. The largest absolute Gasteiger partial charge is 0.396 e. The zero-order valence-corrected chi connectivity index (χ0v) is 3.52. The van der Waals surface area contributed by atoms with Crippen molar-refractivity contribution in [3.8, 4) is 0 Å². The van der Waals surface area contributed by atoms with Gasteiger partial charge < -0.3 is 5.11 Å². The van der Waals surface area contributed by atoms with E-state index in [-0.39, 0.29) is 5.92 Å². The number of aliphatic hydroxyl groups is 1. The van der Waals surface area contributed by atoms with E-state index in [0.29, 0.717) is 0 Å². The minimum absolute atomic E-state index is 0.313. The summed E-state index contributed by atoms with van der Waals surface area (Å²) < 4.78 is 13.2. The van der Waals surface area contributed by atoms with Crippen molar-refractivity contribution in [2.45, 2.75) is 13.8 Å². The molecule has 0 rings (SSSR count). The summed E-state index contributed by atoms with van der Waals surface area (Å²) in [5, 5.41) is 8.43. The van der Waals surface area contributed by atoms with Crippen LogP contribution in [0, 0.1) is 5.92 Å². The molecule has 0 fully saturated rings. The van der Waals surface area contributed by atoms with Crippen LogP contribution >= 0.6 is 0 Å². The molecule has 0 amide bonds. The smallest absolute Gasteiger partial charge is 0.0566 e. The molecule has 1 N–H and O–H groups in total. The van der Waals surface area contributed by atoms with E-state index < -0.39 is 6.56 Å². The topological polar surface area (TPSA) is 20.2 Å². The van der Waals surface area contributed by atoms with Gasteiger partial charge in [0.05, 0.1) is 2.74 Å². The Morgan fingerprint density at radius 3 is 2.20 bits per heavy atom. The third-order valence-corrected chi connectivity index (χ3v) is 0.258. The molecule has 0 aromatic rings. The first-order valence-corrected chi connectivity index (χ1v) is 1.67. The van der Waals surface area contributed by atoms with Crippen molar-refractivity contribution in [1.82, 2.24) is 0 Å². The van der Waals surface area contributed by atoms with Crippen molar-refractivity contribution in [3.05, 3.63) is 0 Å². The summed E-state index contributed by atoms with van der Waals surface area (Å²) in [6, 6.07) is 0. The maximum absolute atomic E-state index is 8.43. The highest BCUT2D eigenvalue weighted by atomic mass is 16.3. The molecule has 0 atom stereocenters. The predicted molar refractivity (Wildman–Crippen MR) is 21.9 cm³/mol. The van der Waals surface area contributed by atoms with Crippen molar-refractivity contribution in [2.75, 3.05) is 6.56 Å². The predicted octanol–water partition coefficient (Wildman–Crippen LogP) is 0.635. The molecule has 0 aromatic carbocycles. The Kier molecular flexibility index (Phi) is 0.969. The van der Waals surface area contributed by atoms with E-state index in [0.717, 1.165) is 0 Å². The fourth-order valence-corrected chi connectivity index (χ4v) is 0. The van der Waals surface area contributed by atoms with Crippen LogP contribution in [0.25, 0.3) is 0 Å². The molecule has 0 unspecified atom stereocenters. The average Bonchev–Trinajstić information content (AvgIpc) is 1.31. The molecular weight excluding hydrogens is 64.0 g/mol. The molecule has 0 saturated heterocycles. The number of rotatable bonds is 1. The summed E-state index contributed by atoms with van der Waals surface area (Å²) in [6.07, 6.45) is 0. The standard InChI is InChI=1S/C4H10O/c1-4(2)3-5/h4-5H,3H2,1-2H3/i3D2. The van der Waals surface area contributed by atoms with Crippen LogP contribution in [-0.4, -0.2) is 11.7 Å². The normalized spacial score (nSPS) is 18.4. The lowest BCUT2D eigenvalue weighted by Crippen LogP contribution is -1.90. The monoisotopic (exact) mass is 76.1 g/mol. The highest BCUT2D eigenvalue weighted by Gasteiger charge is 1.81. The van der Waals surface area contributed by atoms with E-state index in [1.807, 2.05) is 0 Å². The zero-order chi connectivity index (χ0) is 6.08. The summed E-state index contributed by atoms with van der Waals surface area (Å²) >= 11 is 0. The van der Waals surface area contributed by atoms with Gasteiger partial charge >= 0.3 is 0 Å². The van der Waals surface area contributed by atoms with Gasteiger partial charge in [-0.25, -0.2) is 0 Å². The second-order valence-corrected chi connectivity index (χ2v) is 1.28. The van der Waals surface area contributed by atoms with E-state index in [9.17, 15) is 0 Å². The first kappa shape index (κ1) is 2.19. The van der Waals surface area contributed by atoms with Crippen LogP contribution in [0.1, 0.15) is 16.6 Å². The van der Waals surface area contributed by atoms with Gasteiger partial charge in [0.1, 0.15) is 0 Å². The Labute approximate surface area is 35.4 Å². The highest BCUT2D eigenvalue weighted by Crippen LogP contribution is 1.83. The molecule has 0 aliphatic rings. The van der Waals surface area contributed by atoms with Gasteiger partial charge in [-0.2, -0.15) is 0 Å². The Morgan fingerprint density at radius 2 is 2.20 bits per heavy atom. The fraction of sp³-hybridized carbons (Fsp3) is 1.00. The van der Waals surface area contributed by atoms with Gasteiger partial charge in [-0.1, -0.05) is 13.8 Å². The molecule has 1 nitrogen and oxygen atoms in total. The van der Waals surface area contributed by atoms with Crippen molar-refractivity contribution in [2.24, 2.45) is 5.92 Å². The van der Waals surface area contributed by atoms with Gasteiger partial charge in [-0.15, -0.1) is 0 Å². The molecule has 32 valence electrons. The Morgan fingerprint density at radius 1 is 2.00 bits per heavy atom. The second-order valence-electron chi connectivity index (χ2n) is 1.28. The SMILES string of the molecule is [2H]C([2H])(O)C(C)C. The van der Waals surface area contributed by atoms with Crippen molar-refractivity contribution >= 4 is 0 Å². The third kappa shape index (κ3) is 3.96. The minimum Gasteiger partial charge on any atom is -0.396 e. The summed E-state index contributed by atoms with van der Waals surface area (Å²) in [5.74, 6) is -0.313. The number of hydrogen-bond donors (Lipinski definition) is 1. The third-order valence-electron chi connectivity index (χ3n) is 0.258. The summed E-state index contributed by atoms with van der Waals surface area (Å²) in [5.41, 5.74) is 0. The lowest BCUT2D eigenvalue weighted by Gasteiger charge is -1.90. The molecule has 0 aromatic heterocycles. The van der Waals surface area contributed by atoms with Gasteiger partial charge in [0.25, 0.3) is 0 Å². The lowest BCUT2D eigenvalue weighted by atomic mass is 10.2. The first-order valence-electron chi connectivity index (χ1n) is 2.67. The van der Waals surface area contributed by atoms with Crippen LogP contribution in [0.5, 0.6) is 0 Å². The molecule has 0 aliphatic carbocycles. The van der Waals surface area contributed by atoms with E-state index >= 15 is 0 Å². The molecule has 0 spiro atoms. The van der Waals surface area contributed by atoms with Crippen molar-refractivity contribution in [1.29, 1.82) is 0 Å². The molecule has 0 heterocycles. The van der Waals surface area contributed by atoms with Crippen LogP contribution < -0.4 is 0 Å². The number of hydrogen-bond acceptors (Lipinski definition) is 1. The van der Waals surface area contributed by atoms with E-state index in [2.05, 4.69) is 0 Å². The van der Waals surface area contributed by atoms with E-state index in [4.69, 9.17) is 7.85 Å². The Hall–Kier alpha value is -0.0400. The molecular formula is C4H10O. The lowest BCUT2D eigenvalue weighted by molar-refractivity contribution is 0.248. The van der Waals surface area contributed by atoms with Crippen molar-refractivity contribution < 1.29 is 7.85 Å². The summed E-state index contributed by atoms with van der Waals surface area (Å²) in [4.78, 5) is 0. The van der Waals surface area contributed by atoms with Crippen molar-refractivity contribution in [3.63, 3.8) is 0 Å².